The number of aromatic nitrogens is 3. The average Bonchev–Trinajstić information content (AvgIpc) is 2.64. The lowest BCUT2D eigenvalue weighted by Gasteiger charge is -2.08. The van der Waals surface area contributed by atoms with Crippen molar-refractivity contribution in [3.8, 4) is 11.3 Å². The molecular weight excluding hydrogens is 212 g/mol. The number of halogens is 1. The van der Waals surface area contributed by atoms with Gasteiger partial charge in [-0.25, -0.2) is 9.37 Å². The fraction of sp³-hybridized carbons (Fsp3) is 0.100. The number of amides is 1. The molecule has 2 aromatic rings. The van der Waals surface area contributed by atoms with E-state index in [1.165, 1.54) is 0 Å². The summed E-state index contributed by atoms with van der Waals surface area (Å²) in [6, 6.07) is 0. The summed E-state index contributed by atoms with van der Waals surface area (Å²) in [5.41, 5.74) is -0.905. The van der Waals surface area contributed by atoms with Crippen LogP contribution in [0.15, 0.2) is 24.9 Å². The molecule has 0 saturated carbocycles. The van der Waals surface area contributed by atoms with Crippen molar-refractivity contribution in [1.82, 2.24) is 14.5 Å². The van der Waals surface area contributed by atoms with Crippen LogP contribution in [0.5, 0.6) is 0 Å². The molecule has 0 atom stereocenters. The van der Waals surface area contributed by atoms with E-state index in [4.69, 9.17) is 6.85 Å². The second-order valence-corrected chi connectivity index (χ2v) is 2.81. The maximum absolute atomic E-state index is 14.0. The zero-order valence-electron chi connectivity index (χ0n) is 12.9. The molecule has 0 aliphatic heterocycles. The van der Waals surface area contributed by atoms with E-state index in [0.29, 0.717) is 4.57 Å². The first-order valence-corrected chi connectivity index (χ1v) is 4.18. The Labute approximate surface area is 98.0 Å². The summed E-state index contributed by atoms with van der Waals surface area (Å²) in [5, 5.41) is 2.18. The molecule has 0 unspecified atom stereocenters. The largest absolute Gasteiger partial charge is 0.334 e. The molecule has 2 rings (SSSR count). The van der Waals surface area contributed by atoms with Gasteiger partial charge in [-0.2, -0.15) is 0 Å². The van der Waals surface area contributed by atoms with Gasteiger partial charge in [-0.15, -0.1) is 0 Å². The number of hydrogen-bond acceptors (Lipinski definition) is 3. The highest BCUT2D eigenvalue weighted by molar-refractivity contribution is 5.83. The maximum atomic E-state index is 14.0. The van der Waals surface area contributed by atoms with Gasteiger partial charge in [0, 0.05) is 11.1 Å². The second-order valence-electron chi connectivity index (χ2n) is 2.81. The minimum Gasteiger partial charge on any atom is -0.334 e. The summed E-state index contributed by atoms with van der Waals surface area (Å²) in [6.45, 7) is -2.83. The van der Waals surface area contributed by atoms with Gasteiger partial charge in [0.1, 0.15) is 1.37 Å². The summed E-state index contributed by atoms with van der Waals surface area (Å²) < 4.78 is 51.8. The quantitative estimate of drug-likeness (QED) is 0.631. The standard InChI is InChI=1S/C10H9FN4O/c1-15-5-13-4-9(15)10-7(11)2-12-3-8(10)14-6-16/h2-6H,1H3,(H,14,16)/i1D3,4D,5D,6+1. The van der Waals surface area contributed by atoms with Crippen molar-refractivity contribution in [3.05, 3.63) is 30.7 Å². The smallest absolute Gasteiger partial charge is 0.211 e. The molecule has 0 radical (unpaired) electrons. The Bertz CT molecular complexity index is 699. The Morgan fingerprint density at radius 3 is 3.25 bits per heavy atom. The zero-order chi connectivity index (χ0) is 15.8. The van der Waals surface area contributed by atoms with Crippen LogP contribution in [0.25, 0.3) is 11.3 Å². The van der Waals surface area contributed by atoms with E-state index in [1.807, 2.05) is 0 Å². The highest BCUT2D eigenvalue weighted by Gasteiger charge is 2.13. The van der Waals surface area contributed by atoms with Crippen LogP contribution in [0.2, 0.25) is 0 Å². The van der Waals surface area contributed by atoms with Gasteiger partial charge in [-0.1, -0.05) is 0 Å². The van der Waals surface area contributed by atoms with Gasteiger partial charge in [0.2, 0.25) is 6.41 Å². The molecule has 1 N–H and O–H groups in total. The van der Waals surface area contributed by atoms with Gasteiger partial charge in [-0.3, -0.25) is 9.78 Å². The summed E-state index contributed by atoms with van der Waals surface area (Å²) >= 11 is 0. The molecule has 6 heteroatoms. The minimum atomic E-state index is -2.83. The molecule has 5 nitrogen and oxygen atoms in total. The number of hydrogen-bond donors (Lipinski definition) is 1. The summed E-state index contributed by atoms with van der Waals surface area (Å²) in [6.07, 6.45) is 0.887. The van der Waals surface area contributed by atoms with E-state index in [9.17, 15) is 9.18 Å². The fourth-order valence-corrected chi connectivity index (χ4v) is 1.24. The van der Waals surface area contributed by atoms with Crippen LogP contribution in [0.4, 0.5) is 10.1 Å². The second kappa shape index (κ2) is 4.09. The van der Waals surface area contributed by atoms with Crippen molar-refractivity contribution in [2.45, 2.75) is 0 Å². The summed E-state index contributed by atoms with van der Waals surface area (Å²) in [7, 11) is 0. The van der Waals surface area contributed by atoms with Crippen LogP contribution in [0, 0.1) is 5.82 Å². The number of nitrogens with one attached hydrogen (secondary N) is 1. The lowest BCUT2D eigenvalue weighted by molar-refractivity contribution is -0.105. The number of anilines is 1. The Morgan fingerprint density at radius 2 is 2.50 bits per heavy atom. The fourth-order valence-electron chi connectivity index (χ4n) is 1.24. The van der Waals surface area contributed by atoms with Crippen LogP contribution < -0.4 is 5.32 Å². The van der Waals surface area contributed by atoms with Gasteiger partial charge >= 0.3 is 0 Å². The summed E-state index contributed by atoms with van der Waals surface area (Å²) in [4.78, 5) is 17.5. The molecule has 1 amide bonds. The molecule has 0 aliphatic carbocycles. The Kier molecular flexibility index (Phi) is 1.47. The van der Waals surface area contributed by atoms with Crippen LogP contribution in [-0.2, 0) is 11.8 Å². The van der Waals surface area contributed by atoms with Gasteiger partial charge in [-0.05, 0) is 0 Å². The molecule has 0 saturated heterocycles. The number of imidazole rings is 1. The average molecular weight is 226 g/mol. The van der Waals surface area contributed by atoms with Crippen LogP contribution in [0.1, 0.15) is 6.85 Å². The number of rotatable bonds is 3. The number of pyridine rings is 1. The minimum absolute atomic E-state index is 0.121. The third kappa shape index (κ3) is 1.65. The molecule has 2 heterocycles. The van der Waals surface area contributed by atoms with Crippen LogP contribution >= 0.6 is 0 Å². The normalized spacial score (nSPS) is 15.4. The summed E-state index contributed by atoms with van der Waals surface area (Å²) in [5.74, 6) is -0.944. The van der Waals surface area contributed by atoms with E-state index >= 15 is 0 Å². The van der Waals surface area contributed by atoms with Crippen molar-refractivity contribution >= 4 is 12.1 Å². The predicted molar refractivity (Wildman–Crippen MR) is 56.1 cm³/mol. The highest BCUT2D eigenvalue weighted by atomic mass is 19.1. The van der Waals surface area contributed by atoms with E-state index < -0.39 is 31.0 Å². The lowest BCUT2D eigenvalue weighted by atomic mass is 10.1. The Hall–Kier alpha value is -2.24. The van der Waals surface area contributed by atoms with Crippen LogP contribution in [-0.4, -0.2) is 20.9 Å². The van der Waals surface area contributed by atoms with E-state index in [1.54, 1.807) is 0 Å². The molecule has 2 aromatic heterocycles. The van der Waals surface area contributed by atoms with E-state index in [0.717, 1.165) is 12.4 Å². The Morgan fingerprint density at radius 1 is 1.62 bits per heavy atom. The van der Waals surface area contributed by atoms with Gasteiger partial charge in [0.05, 0.1) is 43.2 Å². The van der Waals surface area contributed by atoms with Gasteiger partial charge in [0.15, 0.2) is 5.82 Å². The lowest BCUT2D eigenvalue weighted by Crippen LogP contribution is -2.01. The topological polar surface area (TPSA) is 59.8 Å². The van der Waals surface area contributed by atoms with Gasteiger partial charge < -0.3 is 9.88 Å². The third-order valence-corrected chi connectivity index (χ3v) is 1.89. The molecule has 82 valence electrons. The first kappa shape index (κ1) is 5.74. The van der Waals surface area contributed by atoms with E-state index in [-0.39, 0.29) is 17.7 Å². The first-order chi connectivity index (χ1) is 9.77. The van der Waals surface area contributed by atoms with Crippen molar-refractivity contribution in [1.29, 1.82) is 0 Å². The molecule has 0 spiro atoms. The monoisotopic (exact) mass is 226 g/mol. The molecular formula is C10H9FN4O. The number of nitrogens with zero attached hydrogens (tertiary/aromatic N) is 3. The maximum Gasteiger partial charge on any atom is 0.211 e. The number of carbonyl (C=O) groups is 1. The molecule has 0 bridgehead atoms. The first-order valence-electron chi connectivity index (χ1n) is 6.68. The molecule has 0 fully saturated rings. The molecule has 16 heavy (non-hydrogen) atoms. The zero-order valence-corrected chi connectivity index (χ0v) is 7.86. The van der Waals surface area contributed by atoms with Gasteiger partial charge in [0.25, 0.3) is 0 Å². The van der Waals surface area contributed by atoms with Crippen LogP contribution in [0.3, 0.4) is 0 Å². The van der Waals surface area contributed by atoms with Crippen molar-refractivity contribution in [2.75, 3.05) is 5.32 Å². The van der Waals surface area contributed by atoms with Crippen molar-refractivity contribution in [3.63, 3.8) is 0 Å². The number of carbonyl (C=O) groups excluding carboxylic acids is 1. The van der Waals surface area contributed by atoms with Crippen molar-refractivity contribution < 1.29 is 16.0 Å². The predicted octanol–water partition coefficient (Wildman–Crippen LogP) is 1.19. The van der Waals surface area contributed by atoms with E-state index in [2.05, 4.69) is 15.3 Å². The SMILES string of the molecule is [2H]c1nc([2H])n(C([2H])([2H])[2H])c1-c1c(F)cncc1N[13CH]=O. The molecule has 0 aromatic carbocycles. The third-order valence-electron chi connectivity index (χ3n) is 1.89. The molecule has 0 aliphatic rings. The highest BCUT2D eigenvalue weighted by Crippen LogP contribution is 2.28. The Balaban J connectivity index is 2.82. The van der Waals surface area contributed by atoms with Crippen molar-refractivity contribution in [2.24, 2.45) is 6.98 Å².